The predicted molar refractivity (Wildman–Crippen MR) is 115 cm³/mol. The van der Waals surface area contributed by atoms with Crippen LogP contribution in [0.4, 0.5) is 4.79 Å². The van der Waals surface area contributed by atoms with Gasteiger partial charge in [-0.25, -0.2) is 4.79 Å². The lowest BCUT2D eigenvalue weighted by molar-refractivity contribution is 0.178. The van der Waals surface area contributed by atoms with E-state index >= 15 is 0 Å². The fourth-order valence-corrected chi connectivity index (χ4v) is 4.21. The Labute approximate surface area is 170 Å². The molecule has 2 heterocycles. The summed E-state index contributed by atoms with van der Waals surface area (Å²) in [5.74, 6) is 0. The molecular weight excluding hydrogens is 366 g/mol. The fourth-order valence-electron chi connectivity index (χ4n) is 3.81. The summed E-state index contributed by atoms with van der Waals surface area (Å²) in [7, 11) is 0. The number of nitrogens with zero attached hydrogens (tertiary/aromatic N) is 2. The monoisotopic (exact) mass is 391 g/mol. The number of para-hydroxylation sites is 1. The number of nitrogens with one attached hydrogen (secondary N) is 1. The molecule has 2 aromatic carbocycles. The van der Waals surface area contributed by atoms with Gasteiger partial charge in [-0.15, -0.1) is 11.8 Å². The second-order valence-corrected chi connectivity index (χ2v) is 8.22. The van der Waals surface area contributed by atoms with Crippen molar-refractivity contribution in [1.82, 2.24) is 14.8 Å². The summed E-state index contributed by atoms with van der Waals surface area (Å²) in [5.41, 5.74) is 4.49. The van der Waals surface area contributed by atoms with Crippen LogP contribution in [-0.2, 0) is 6.54 Å². The van der Waals surface area contributed by atoms with Crippen molar-refractivity contribution >= 4 is 17.8 Å². The van der Waals surface area contributed by atoms with Gasteiger partial charge in [0.15, 0.2) is 0 Å². The molecule has 4 rings (SSSR count). The first-order valence-electron chi connectivity index (χ1n) is 9.55. The summed E-state index contributed by atoms with van der Waals surface area (Å²) in [5, 5.41) is 3.09. The average molecular weight is 392 g/mol. The Morgan fingerprint density at radius 3 is 2.54 bits per heavy atom. The zero-order valence-electron chi connectivity index (χ0n) is 16.4. The van der Waals surface area contributed by atoms with Crippen LogP contribution in [0.15, 0.2) is 71.8 Å². The summed E-state index contributed by atoms with van der Waals surface area (Å²) in [6, 6.07) is 20.9. The Kier molecular flexibility index (Phi) is 5.18. The predicted octanol–water partition coefficient (Wildman–Crippen LogP) is 5.22. The largest absolute Gasteiger partial charge is 0.336 e. The molecule has 28 heavy (non-hydrogen) atoms. The van der Waals surface area contributed by atoms with E-state index in [1.54, 1.807) is 11.8 Å². The molecule has 2 amide bonds. The maximum Gasteiger partial charge on any atom is 0.318 e. The molecule has 5 heteroatoms. The van der Waals surface area contributed by atoms with Crippen LogP contribution in [0.1, 0.15) is 36.7 Å². The van der Waals surface area contributed by atoms with Crippen molar-refractivity contribution in [3.05, 3.63) is 83.7 Å². The van der Waals surface area contributed by atoms with Crippen molar-refractivity contribution in [3.63, 3.8) is 0 Å². The minimum Gasteiger partial charge on any atom is -0.336 e. The maximum absolute atomic E-state index is 13.2. The van der Waals surface area contributed by atoms with Gasteiger partial charge >= 0.3 is 6.03 Å². The van der Waals surface area contributed by atoms with Crippen molar-refractivity contribution in [2.45, 2.75) is 37.4 Å². The minimum atomic E-state index is -0.156. The third-order valence-corrected chi connectivity index (χ3v) is 5.81. The Hall–Kier alpha value is -2.66. The topological polar surface area (TPSA) is 37.3 Å². The highest BCUT2D eigenvalue weighted by Crippen LogP contribution is 2.37. The average Bonchev–Trinajstić information content (AvgIpc) is 3.12. The number of aromatic nitrogens is 1. The number of rotatable bonds is 3. The molecule has 0 aliphatic carbocycles. The zero-order valence-corrected chi connectivity index (χ0v) is 17.2. The van der Waals surface area contributed by atoms with Crippen molar-refractivity contribution in [2.75, 3.05) is 6.26 Å². The maximum atomic E-state index is 13.2. The van der Waals surface area contributed by atoms with E-state index in [1.807, 2.05) is 24.8 Å². The number of thioether (sulfide) groups is 1. The summed E-state index contributed by atoms with van der Waals surface area (Å²) >= 11 is 1.72. The lowest BCUT2D eigenvalue weighted by atomic mass is 10.0. The van der Waals surface area contributed by atoms with Crippen molar-refractivity contribution in [2.24, 2.45) is 0 Å². The van der Waals surface area contributed by atoms with Gasteiger partial charge in [0.2, 0.25) is 0 Å². The first kappa shape index (κ1) is 18.7. The van der Waals surface area contributed by atoms with E-state index in [1.165, 1.54) is 4.90 Å². The van der Waals surface area contributed by atoms with Crippen molar-refractivity contribution in [1.29, 1.82) is 0 Å². The van der Waals surface area contributed by atoms with Gasteiger partial charge in [-0.2, -0.15) is 0 Å². The molecule has 3 aromatic rings. The fraction of sp³-hybridized carbons (Fsp3) is 0.261. The third-order valence-electron chi connectivity index (χ3n) is 5.07. The van der Waals surface area contributed by atoms with Crippen LogP contribution in [-0.4, -0.2) is 27.8 Å². The van der Waals surface area contributed by atoms with Gasteiger partial charge in [0.05, 0.1) is 18.3 Å². The van der Waals surface area contributed by atoms with E-state index in [4.69, 9.17) is 0 Å². The lowest BCUT2D eigenvalue weighted by Gasteiger charge is -2.31. The van der Waals surface area contributed by atoms with Gasteiger partial charge in [-0.3, -0.25) is 0 Å². The molecule has 1 aromatic heterocycles. The Morgan fingerprint density at radius 2 is 1.82 bits per heavy atom. The molecule has 0 spiro atoms. The van der Waals surface area contributed by atoms with Crippen LogP contribution >= 0.6 is 11.8 Å². The van der Waals surface area contributed by atoms with E-state index in [-0.39, 0.29) is 18.1 Å². The highest BCUT2D eigenvalue weighted by atomic mass is 32.2. The van der Waals surface area contributed by atoms with Gasteiger partial charge in [0.25, 0.3) is 0 Å². The van der Waals surface area contributed by atoms with Crippen LogP contribution in [0.5, 0.6) is 0 Å². The SMILES string of the molecule is CSc1ccc(C2c3cccn3-c3ccccc3CN2C(=O)NC(C)C)cc1. The van der Waals surface area contributed by atoms with Gasteiger partial charge in [-0.1, -0.05) is 30.3 Å². The third kappa shape index (κ3) is 3.42. The molecule has 1 unspecified atom stereocenters. The van der Waals surface area contributed by atoms with Crippen LogP contribution in [0, 0.1) is 0 Å². The highest BCUT2D eigenvalue weighted by Gasteiger charge is 2.33. The molecule has 0 saturated heterocycles. The minimum absolute atomic E-state index is 0.0432. The molecule has 1 N–H and O–H groups in total. The Bertz CT molecular complexity index is 978. The molecule has 1 atom stereocenters. The number of hydrogen-bond donors (Lipinski definition) is 1. The zero-order chi connectivity index (χ0) is 19.7. The Balaban J connectivity index is 1.87. The molecule has 1 aliphatic rings. The number of benzene rings is 2. The molecule has 1 aliphatic heterocycles. The second kappa shape index (κ2) is 7.76. The molecule has 0 bridgehead atoms. The number of carbonyl (C=O) groups is 1. The van der Waals surface area contributed by atoms with E-state index in [0.717, 1.165) is 22.5 Å². The number of hydrogen-bond acceptors (Lipinski definition) is 2. The van der Waals surface area contributed by atoms with E-state index in [2.05, 4.69) is 76.9 Å². The quantitative estimate of drug-likeness (QED) is 0.621. The molecule has 0 radical (unpaired) electrons. The van der Waals surface area contributed by atoms with Crippen LogP contribution in [0.25, 0.3) is 5.69 Å². The van der Waals surface area contributed by atoms with Gasteiger partial charge < -0.3 is 14.8 Å². The van der Waals surface area contributed by atoms with Crippen LogP contribution in [0.2, 0.25) is 0 Å². The normalized spacial score (nSPS) is 15.7. The first-order chi connectivity index (χ1) is 13.6. The first-order valence-corrected chi connectivity index (χ1v) is 10.8. The molecule has 144 valence electrons. The number of carbonyl (C=O) groups excluding carboxylic acids is 1. The van der Waals surface area contributed by atoms with Gasteiger partial charge in [0, 0.05) is 22.8 Å². The van der Waals surface area contributed by atoms with E-state index < -0.39 is 0 Å². The smallest absolute Gasteiger partial charge is 0.318 e. The van der Waals surface area contributed by atoms with E-state index in [0.29, 0.717) is 6.54 Å². The summed E-state index contributed by atoms with van der Waals surface area (Å²) < 4.78 is 2.21. The van der Waals surface area contributed by atoms with Gasteiger partial charge in [-0.05, 0) is 61.6 Å². The Morgan fingerprint density at radius 1 is 1.07 bits per heavy atom. The highest BCUT2D eigenvalue weighted by molar-refractivity contribution is 7.98. The number of amides is 2. The van der Waals surface area contributed by atoms with Crippen molar-refractivity contribution < 1.29 is 4.79 Å². The lowest BCUT2D eigenvalue weighted by Crippen LogP contribution is -2.44. The van der Waals surface area contributed by atoms with Crippen LogP contribution in [0.3, 0.4) is 0 Å². The molecule has 0 saturated carbocycles. The molecule has 0 fully saturated rings. The molecular formula is C23H25N3OS. The number of urea groups is 1. The number of fused-ring (bicyclic) bond motifs is 3. The standard InChI is InChI=1S/C23H25N3OS/c1-16(2)24-23(27)26-15-18-7-4-5-8-20(18)25-14-6-9-21(25)22(26)17-10-12-19(28-3)13-11-17/h4-14,16,22H,15H2,1-3H3,(H,24,27). The summed E-state index contributed by atoms with van der Waals surface area (Å²) in [4.78, 5) is 16.4. The summed E-state index contributed by atoms with van der Waals surface area (Å²) in [6.45, 7) is 4.55. The van der Waals surface area contributed by atoms with E-state index in [9.17, 15) is 4.79 Å². The molecule has 4 nitrogen and oxygen atoms in total. The van der Waals surface area contributed by atoms with Gasteiger partial charge in [0.1, 0.15) is 0 Å². The summed E-state index contributed by atoms with van der Waals surface area (Å²) in [6.07, 6.45) is 4.16. The van der Waals surface area contributed by atoms with Crippen molar-refractivity contribution in [3.8, 4) is 5.69 Å². The second-order valence-electron chi connectivity index (χ2n) is 7.34. The van der Waals surface area contributed by atoms with Crippen LogP contribution < -0.4 is 5.32 Å².